The van der Waals surface area contributed by atoms with Gasteiger partial charge in [-0.25, -0.2) is 0 Å². The van der Waals surface area contributed by atoms with Crippen molar-refractivity contribution in [1.82, 2.24) is 0 Å². The van der Waals surface area contributed by atoms with Crippen molar-refractivity contribution in [2.75, 3.05) is 23.7 Å². The third-order valence-electron chi connectivity index (χ3n) is 6.58. The molecule has 0 bridgehead atoms. The van der Waals surface area contributed by atoms with Gasteiger partial charge in [0.1, 0.15) is 0 Å². The Balaban J connectivity index is 1.09. The number of rotatable bonds is 8. The molecule has 0 spiro atoms. The summed E-state index contributed by atoms with van der Waals surface area (Å²) in [6.07, 6.45) is 5.24. The van der Waals surface area contributed by atoms with Crippen molar-refractivity contribution in [3.63, 3.8) is 0 Å². The number of aryl methyl sites for hydroxylation is 1. The van der Waals surface area contributed by atoms with Crippen molar-refractivity contribution in [2.45, 2.75) is 38.5 Å². The van der Waals surface area contributed by atoms with Crippen LogP contribution in [0.1, 0.15) is 59.2 Å². The molecule has 2 amide bonds. The van der Waals surface area contributed by atoms with Crippen molar-refractivity contribution >= 4 is 34.6 Å². The fourth-order valence-electron chi connectivity index (χ4n) is 4.55. The van der Waals surface area contributed by atoms with E-state index in [9.17, 15) is 9.59 Å². The van der Waals surface area contributed by atoms with Gasteiger partial charge in [-0.05, 0) is 85.2 Å². The molecule has 3 aromatic carbocycles. The first-order valence-corrected chi connectivity index (χ1v) is 12.6. The van der Waals surface area contributed by atoms with Gasteiger partial charge in [0.05, 0.1) is 0 Å². The summed E-state index contributed by atoms with van der Waals surface area (Å²) in [6, 6.07) is 23.1. The van der Waals surface area contributed by atoms with Crippen LogP contribution in [0.4, 0.5) is 11.4 Å². The monoisotopic (exact) mass is 478 g/mol. The van der Waals surface area contributed by atoms with E-state index in [0.29, 0.717) is 18.4 Å². The first-order chi connectivity index (χ1) is 17.6. The Kier molecular flexibility index (Phi) is 7.31. The largest absolute Gasteiger partial charge is 0.326 e. The Labute approximate surface area is 211 Å². The second-order valence-electron chi connectivity index (χ2n) is 9.22. The average Bonchev–Trinajstić information content (AvgIpc) is 3.64. The van der Waals surface area contributed by atoms with Crippen LogP contribution in [0.3, 0.4) is 0 Å². The highest BCUT2D eigenvalue weighted by Gasteiger charge is 2.11. The second-order valence-corrected chi connectivity index (χ2v) is 9.22. The van der Waals surface area contributed by atoms with Crippen molar-refractivity contribution < 1.29 is 9.59 Å². The van der Waals surface area contributed by atoms with E-state index >= 15 is 0 Å². The number of amides is 2. The molecule has 5 rings (SSSR count). The molecule has 2 N–H and O–H groups in total. The van der Waals surface area contributed by atoms with Gasteiger partial charge in [-0.15, -0.1) is 0 Å². The Morgan fingerprint density at radius 1 is 0.667 bits per heavy atom. The number of nitrogens with one attached hydrogen (secondary N) is 2. The van der Waals surface area contributed by atoms with Gasteiger partial charge in [0.15, 0.2) is 0 Å². The number of anilines is 2. The first-order valence-electron chi connectivity index (χ1n) is 12.6. The lowest BCUT2D eigenvalue weighted by molar-refractivity contribution is -0.116. The molecule has 0 saturated heterocycles. The topological polar surface area (TPSA) is 82.9 Å². The minimum Gasteiger partial charge on any atom is -0.326 e. The molecular weight excluding hydrogens is 448 g/mol. The molecule has 0 radical (unpaired) electrons. The third-order valence-corrected chi connectivity index (χ3v) is 6.58. The van der Waals surface area contributed by atoms with Crippen LogP contribution < -0.4 is 10.6 Å². The van der Waals surface area contributed by atoms with Crippen molar-refractivity contribution in [2.24, 2.45) is 9.98 Å². The molecule has 182 valence electrons. The Morgan fingerprint density at radius 2 is 1.19 bits per heavy atom. The van der Waals surface area contributed by atoms with Gasteiger partial charge in [-0.2, -0.15) is 0 Å². The van der Waals surface area contributed by atoms with Gasteiger partial charge in [0, 0.05) is 47.9 Å². The summed E-state index contributed by atoms with van der Waals surface area (Å²) < 4.78 is 0. The number of carbonyl (C=O) groups is 2. The van der Waals surface area contributed by atoms with Crippen molar-refractivity contribution in [3.05, 3.63) is 95.1 Å². The van der Waals surface area contributed by atoms with Crippen LogP contribution >= 0.6 is 0 Å². The molecule has 6 nitrogen and oxygen atoms in total. The highest BCUT2D eigenvalue weighted by atomic mass is 16.2. The number of carbonyl (C=O) groups excluding carboxylic acids is 2. The molecular formula is C30H30N4O2. The zero-order valence-electron chi connectivity index (χ0n) is 20.3. The molecule has 2 heterocycles. The molecule has 36 heavy (non-hydrogen) atoms. The lowest BCUT2D eigenvalue weighted by atomic mass is 10.1. The van der Waals surface area contributed by atoms with E-state index in [1.165, 1.54) is 0 Å². The zero-order chi connectivity index (χ0) is 24.7. The lowest BCUT2D eigenvalue weighted by Gasteiger charge is -2.09. The van der Waals surface area contributed by atoms with Gasteiger partial charge in [-0.1, -0.05) is 36.4 Å². The standard InChI is InChI=1S/C30H30N4O2/c35-29(33-25-14-10-22(11-15-25)27-3-1-19-31-27)18-7-21-5-8-24(9-6-21)30(36)34-26-16-12-23(13-17-26)28-4-2-20-32-28/h5-6,8-17H,1-4,7,18-20H2,(H,33,35)(H,34,36). The van der Waals surface area contributed by atoms with Crippen LogP contribution in [0.15, 0.2) is 82.8 Å². The summed E-state index contributed by atoms with van der Waals surface area (Å²) in [6.45, 7) is 1.81. The normalized spacial score (nSPS) is 14.8. The number of hydrogen-bond acceptors (Lipinski definition) is 4. The molecule has 0 saturated carbocycles. The number of benzene rings is 3. The summed E-state index contributed by atoms with van der Waals surface area (Å²) in [5.41, 5.74) is 7.69. The molecule has 2 aliphatic rings. The van der Waals surface area contributed by atoms with Gasteiger partial charge in [0.2, 0.25) is 5.91 Å². The summed E-state index contributed by atoms with van der Waals surface area (Å²) >= 11 is 0. The van der Waals surface area contributed by atoms with E-state index in [4.69, 9.17) is 0 Å². The molecule has 2 aliphatic heterocycles. The van der Waals surface area contributed by atoms with Crippen molar-refractivity contribution in [3.8, 4) is 0 Å². The molecule has 0 aliphatic carbocycles. The molecule has 0 aromatic heterocycles. The molecule has 0 unspecified atom stereocenters. The van der Waals surface area contributed by atoms with E-state index in [1.54, 1.807) is 12.1 Å². The maximum absolute atomic E-state index is 12.6. The summed E-state index contributed by atoms with van der Waals surface area (Å²) in [5.74, 6) is -0.188. The minimum absolute atomic E-state index is 0.0326. The van der Waals surface area contributed by atoms with Crippen LogP contribution in [0.5, 0.6) is 0 Å². The second kappa shape index (κ2) is 11.1. The van der Waals surface area contributed by atoms with E-state index in [-0.39, 0.29) is 11.8 Å². The van der Waals surface area contributed by atoms with Gasteiger partial charge in [-0.3, -0.25) is 19.6 Å². The molecule has 6 heteroatoms. The van der Waals surface area contributed by atoms with E-state index in [2.05, 4.69) is 20.6 Å². The van der Waals surface area contributed by atoms with Crippen LogP contribution in [0.2, 0.25) is 0 Å². The maximum Gasteiger partial charge on any atom is 0.255 e. The van der Waals surface area contributed by atoms with Crippen LogP contribution in [-0.2, 0) is 11.2 Å². The number of nitrogens with zero attached hydrogens (tertiary/aromatic N) is 2. The number of aliphatic imine (C=N–C) groups is 2. The van der Waals surface area contributed by atoms with E-state index in [0.717, 1.165) is 78.3 Å². The zero-order valence-corrected chi connectivity index (χ0v) is 20.3. The van der Waals surface area contributed by atoms with Crippen LogP contribution in [-0.4, -0.2) is 36.3 Å². The smallest absolute Gasteiger partial charge is 0.255 e. The molecule has 0 fully saturated rings. The average molecular weight is 479 g/mol. The quantitative estimate of drug-likeness (QED) is 0.437. The highest BCUT2D eigenvalue weighted by molar-refractivity contribution is 6.05. The minimum atomic E-state index is -0.155. The van der Waals surface area contributed by atoms with Crippen LogP contribution in [0, 0.1) is 0 Å². The van der Waals surface area contributed by atoms with Gasteiger partial charge >= 0.3 is 0 Å². The Bertz CT molecular complexity index is 1290. The van der Waals surface area contributed by atoms with E-state index < -0.39 is 0 Å². The fraction of sp³-hybridized carbons (Fsp3) is 0.267. The Hall–Kier alpha value is -4.06. The third kappa shape index (κ3) is 5.95. The maximum atomic E-state index is 12.6. The predicted molar refractivity (Wildman–Crippen MR) is 146 cm³/mol. The van der Waals surface area contributed by atoms with Crippen LogP contribution in [0.25, 0.3) is 0 Å². The molecule has 0 atom stereocenters. The van der Waals surface area contributed by atoms with E-state index in [1.807, 2.05) is 60.7 Å². The highest BCUT2D eigenvalue weighted by Crippen LogP contribution is 2.18. The lowest BCUT2D eigenvalue weighted by Crippen LogP contribution is -2.13. The van der Waals surface area contributed by atoms with Gasteiger partial charge < -0.3 is 10.6 Å². The molecule has 3 aromatic rings. The summed E-state index contributed by atoms with van der Waals surface area (Å²) in [4.78, 5) is 34.1. The predicted octanol–water partition coefficient (Wildman–Crippen LogP) is 5.68. The van der Waals surface area contributed by atoms with Gasteiger partial charge in [0.25, 0.3) is 5.91 Å². The fourth-order valence-corrected chi connectivity index (χ4v) is 4.55. The summed E-state index contributed by atoms with van der Waals surface area (Å²) in [5, 5.41) is 5.90. The van der Waals surface area contributed by atoms with Crippen molar-refractivity contribution in [1.29, 1.82) is 0 Å². The first kappa shape index (κ1) is 23.7. The Morgan fingerprint density at radius 3 is 1.69 bits per heavy atom. The number of hydrogen-bond donors (Lipinski definition) is 2. The SMILES string of the molecule is O=C(CCc1ccc(C(=O)Nc2ccc(C3=NCCC3)cc2)cc1)Nc1ccc(C2=NCCC2)cc1. The summed E-state index contributed by atoms with van der Waals surface area (Å²) in [7, 11) is 0.